The van der Waals surface area contributed by atoms with Crippen molar-refractivity contribution in [2.75, 3.05) is 12.4 Å². The average Bonchev–Trinajstić information content (AvgIpc) is 2.69. The van der Waals surface area contributed by atoms with Gasteiger partial charge in [0.25, 0.3) is 0 Å². The molecule has 0 saturated carbocycles. The fourth-order valence-corrected chi connectivity index (χ4v) is 1.72. The standard InChI is InChI=1S/C13H14N4O/c1-9-6-11(5-4-10(9)8-14)15-12-7-13(18-3)17(2)16-12/h4-7H,1-3H3,(H,15,16). The highest BCUT2D eigenvalue weighted by atomic mass is 16.5. The Morgan fingerprint density at radius 1 is 1.39 bits per heavy atom. The lowest BCUT2D eigenvalue weighted by atomic mass is 10.1. The van der Waals surface area contributed by atoms with Crippen LogP contribution in [0.15, 0.2) is 24.3 Å². The molecule has 0 aliphatic rings. The summed E-state index contributed by atoms with van der Waals surface area (Å²) >= 11 is 0. The summed E-state index contributed by atoms with van der Waals surface area (Å²) in [5.41, 5.74) is 2.51. The normalized spacial score (nSPS) is 9.89. The maximum atomic E-state index is 8.87. The molecule has 0 spiro atoms. The number of benzene rings is 1. The lowest BCUT2D eigenvalue weighted by Crippen LogP contribution is -1.96. The van der Waals surface area contributed by atoms with Gasteiger partial charge in [0.2, 0.25) is 5.88 Å². The average molecular weight is 242 g/mol. The molecule has 0 saturated heterocycles. The molecule has 1 aromatic carbocycles. The largest absolute Gasteiger partial charge is 0.481 e. The molecule has 18 heavy (non-hydrogen) atoms. The van der Waals surface area contributed by atoms with Gasteiger partial charge in [0.05, 0.1) is 18.7 Å². The maximum Gasteiger partial charge on any atom is 0.213 e. The minimum atomic E-state index is 0.680. The Balaban J connectivity index is 2.23. The number of methoxy groups -OCH3 is 1. The number of nitrogens with zero attached hydrogens (tertiary/aromatic N) is 3. The second-order valence-corrected chi connectivity index (χ2v) is 3.96. The van der Waals surface area contributed by atoms with Gasteiger partial charge < -0.3 is 10.1 Å². The van der Waals surface area contributed by atoms with E-state index < -0.39 is 0 Å². The Labute approximate surface area is 106 Å². The van der Waals surface area contributed by atoms with Crippen LogP contribution in [0.1, 0.15) is 11.1 Å². The van der Waals surface area contributed by atoms with Gasteiger partial charge in [-0.2, -0.15) is 10.4 Å². The Morgan fingerprint density at radius 2 is 2.17 bits per heavy atom. The van der Waals surface area contributed by atoms with Crippen LogP contribution in [0.2, 0.25) is 0 Å². The van der Waals surface area contributed by atoms with E-state index in [0.717, 1.165) is 11.3 Å². The summed E-state index contributed by atoms with van der Waals surface area (Å²) in [6.07, 6.45) is 0. The van der Waals surface area contributed by atoms with E-state index in [1.807, 2.05) is 32.2 Å². The van der Waals surface area contributed by atoms with Crippen molar-refractivity contribution in [3.63, 3.8) is 0 Å². The molecule has 0 aliphatic carbocycles. The monoisotopic (exact) mass is 242 g/mol. The molecule has 2 rings (SSSR count). The summed E-state index contributed by atoms with van der Waals surface area (Å²) < 4.78 is 6.79. The SMILES string of the molecule is COc1cc(Nc2ccc(C#N)c(C)c2)nn1C. The molecule has 5 nitrogen and oxygen atoms in total. The van der Waals surface area contributed by atoms with Gasteiger partial charge >= 0.3 is 0 Å². The molecule has 92 valence electrons. The zero-order valence-electron chi connectivity index (χ0n) is 10.6. The van der Waals surface area contributed by atoms with Crippen molar-refractivity contribution in [3.05, 3.63) is 35.4 Å². The Kier molecular flexibility index (Phi) is 3.20. The van der Waals surface area contributed by atoms with E-state index in [9.17, 15) is 0 Å². The highest BCUT2D eigenvalue weighted by molar-refractivity contribution is 5.60. The van der Waals surface area contributed by atoms with Gasteiger partial charge in [-0.3, -0.25) is 0 Å². The predicted octanol–water partition coefficient (Wildman–Crippen LogP) is 2.35. The third kappa shape index (κ3) is 2.28. The summed E-state index contributed by atoms with van der Waals surface area (Å²) in [6.45, 7) is 1.91. The molecule has 5 heteroatoms. The third-order valence-electron chi connectivity index (χ3n) is 2.67. The molecule has 1 N–H and O–H groups in total. The smallest absolute Gasteiger partial charge is 0.213 e. The van der Waals surface area contributed by atoms with Crippen LogP contribution in [-0.4, -0.2) is 16.9 Å². The van der Waals surface area contributed by atoms with E-state index >= 15 is 0 Å². The summed E-state index contributed by atoms with van der Waals surface area (Å²) in [5, 5.41) is 16.3. The molecule has 0 radical (unpaired) electrons. The number of hydrogen-bond donors (Lipinski definition) is 1. The topological polar surface area (TPSA) is 62.9 Å². The van der Waals surface area contributed by atoms with Crippen molar-refractivity contribution in [1.29, 1.82) is 5.26 Å². The number of aryl methyl sites for hydroxylation is 2. The minimum Gasteiger partial charge on any atom is -0.481 e. The highest BCUT2D eigenvalue weighted by Crippen LogP contribution is 2.21. The van der Waals surface area contributed by atoms with Crippen LogP contribution in [0.4, 0.5) is 11.5 Å². The number of rotatable bonds is 3. The Bertz CT molecular complexity index is 610. The number of nitrogens with one attached hydrogen (secondary N) is 1. The zero-order valence-corrected chi connectivity index (χ0v) is 10.6. The summed E-state index contributed by atoms with van der Waals surface area (Å²) in [7, 11) is 3.42. The first-order chi connectivity index (χ1) is 8.63. The molecular formula is C13H14N4O. The third-order valence-corrected chi connectivity index (χ3v) is 2.67. The summed E-state index contributed by atoms with van der Waals surface area (Å²) in [5.74, 6) is 1.39. The first-order valence-electron chi connectivity index (χ1n) is 5.50. The molecule has 2 aromatic rings. The van der Waals surface area contributed by atoms with Crippen LogP contribution in [-0.2, 0) is 7.05 Å². The van der Waals surface area contributed by atoms with Gasteiger partial charge in [0.15, 0.2) is 5.82 Å². The van der Waals surface area contributed by atoms with Gasteiger partial charge in [0, 0.05) is 18.8 Å². The Morgan fingerprint density at radius 3 is 2.72 bits per heavy atom. The fraction of sp³-hybridized carbons (Fsp3) is 0.231. The maximum absolute atomic E-state index is 8.87. The van der Waals surface area contributed by atoms with Crippen LogP contribution in [0.25, 0.3) is 0 Å². The van der Waals surface area contributed by atoms with E-state index in [4.69, 9.17) is 10.00 Å². The number of aromatic nitrogens is 2. The Hall–Kier alpha value is -2.48. The number of hydrogen-bond acceptors (Lipinski definition) is 4. The van der Waals surface area contributed by atoms with Gasteiger partial charge in [-0.25, -0.2) is 4.68 Å². The molecule has 0 aliphatic heterocycles. The lowest BCUT2D eigenvalue weighted by Gasteiger charge is -2.04. The quantitative estimate of drug-likeness (QED) is 0.897. The number of anilines is 2. The molecule has 1 heterocycles. The lowest BCUT2D eigenvalue weighted by molar-refractivity contribution is 0.373. The van der Waals surface area contributed by atoms with Crippen LogP contribution >= 0.6 is 0 Å². The van der Waals surface area contributed by atoms with Gasteiger partial charge in [-0.15, -0.1) is 0 Å². The van der Waals surface area contributed by atoms with Gasteiger partial charge in [-0.1, -0.05) is 0 Å². The molecule has 0 bridgehead atoms. The van der Waals surface area contributed by atoms with E-state index in [-0.39, 0.29) is 0 Å². The van der Waals surface area contributed by atoms with Gasteiger partial charge in [-0.05, 0) is 30.7 Å². The summed E-state index contributed by atoms with van der Waals surface area (Å²) in [6, 6.07) is 9.51. The predicted molar refractivity (Wildman–Crippen MR) is 68.9 cm³/mol. The number of nitriles is 1. The van der Waals surface area contributed by atoms with Crippen LogP contribution in [0.5, 0.6) is 5.88 Å². The minimum absolute atomic E-state index is 0.680. The van der Waals surface area contributed by atoms with E-state index in [1.54, 1.807) is 17.9 Å². The van der Waals surface area contributed by atoms with Crippen LogP contribution in [0, 0.1) is 18.3 Å². The molecule has 0 amide bonds. The second-order valence-electron chi connectivity index (χ2n) is 3.96. The van der Waals surface area contributed by atoms with Gasteiger partial charge in [0.1, 0.15) is 0 Å². The summed E-state index contributed by atoms with van der Waals surface area (Å²) in [4.78, 5) is 0. The van der Waals surface area contributed by atoms with E-state index in [2.05, 4.69) is 16.5 Å². The van der Waals surface area contributed by atoms with Crippen molar-refractivity contribution >= 4 is 11.5 Å². The zero-order chi connectivity index (χ0) is 13.1. The fourth-order valence-electron chi connectivity index (χ4n) is 1.72. The molecule has 0 unspecified atom stereocenters. The van der Waals surface area contributed by atoms with Crippen molar-refractivity contribution < 1.29 is 4.74 Å². The van der Waals surface area contributed by atoms with Crippen LogP contribution < -0.4 is 10.1 Å². The first-order valence-corrected chi connectivity index (χ1v) is 5.50. The first kappa shape index (κ1) is 12.0. The highest BCUT2D eigenvalue weighted by Gasteiger charge is 2.05. The molecule has 1 aromatic heterocycles. The van der Waals surface area contributed by atoms with Crippen molar-refractivity contribution in [2.45, 2.75) is 6.92 Å². The van der Waals surface area contributed by atoms with E-state index in [0.29, 0.717) is 17.3 Å². The molecule has 0 atom stereocenters. The molecule has 0 fully saturated rings. The van der Waals surface area contributed by atoms with Crippen LogP contribution in [0.3, 0.4) is 0 Å². The number of ether oxygens (including phenoxy) is 1. The second kappa shape index (κ2) is 4.80. The van der Waals surface area contributed by atoms with Crippen molar-refractivity contribution in [1.82, 2.24) is 9.78 Å². The van der Waals surface area contributed by atoms with Crippen molar-refractivity contribution in [2.24, 2.45) is 7.05 Å². The molecular weight excluding hydrogens is 228 g/mol. The van der Waals surface area contributed by atoms with E-state index in [1.165, 1.54) is 0 Å². The van der Waals surface area contributed by atoms with Crippen molar-refractivity contribution in [3.8, 4) is 11.9 Å².